The molecule has 39 heavy (non-hydrogen) atoms. The third-order valence-corrected chi connectivity index (χ3v) is 9.06. The maximum Gasteiger partial charge on any atom is 0.253 e. The number of rotatable bonds is 9. The monoisotopic (exact) mass is 547 g/mol. The number of carbonyl (C=O) groups is 1. The lowest BCUT2D eigenvalue weighted by Crippen LogP contribution is -2.36. The quantitative estimate of drug-likeness (QED) is 0.332. The zero-order valence-corrected chi connectivity index (χ0v) is 24.7. The first kappa shape index (κ1) is 27.7. The minimum Gasteiger partial charge on any atom is -0.488 e. The molecular formula is C32H41N3O3S. The molecule has 2 atom stereocenters. The minimum absolute atomic E-state index is 0.0447. The zero-order valence-electron chi connectivity index (χ0n) is 23.9. The Hall–Kier alpha value is -2.90. The molecule has 1 aliphatic carbocycles. The van der Waals surface area contributed by atoms with Crippen LogP contribution in [0.25, 0.3) is 11.3 Å². The normalized spacial score (nSPS) is 18.9. The van der Waals surface area contributed by atoms with Crippen molar-refractivity contribution in [2.45, 2.75) is 65.6 Å². The Labute approximate surface area is 236 Å². The maximum absolute atomic E-state index is 12.9. The highest BCUT2D eigenvalue weighted by Crippen LogP contribution is 2.40. The van der Waals surface area contributed by atoms with Crippen LogP contribution in [0, 0.1) is 25.7 Å². The Kier molecular flexibility index (Phi) is 8.01. The fourth-order valence-electron chi connectivity index (χ4n) is 5.78. The number of thiazole rings is 1. The molecule has 1 amide bonds. The number of aliphatic hydroxyl groups is 1. The highest BCUT2D eigenvalue weighted by molar-refractivity contribution is 7.14. The Morgan fingerprint density at radius 1 is 1.15 bits per heavy atom. The number of carbonyl (C=O) groups excluding carboxylic acids is 1. The van der Waals surface area contributed by atoms with Gasteiger partial charge in [0.05, 0.1) is 11.3 Å². The van der Waals surface area contributed by atoms with Crippen molar-refractivity contribution in [3.8, 4) is 17.0 Å². The Morgan fingerprint density at radius 3 is 2.59 bits per heavy atom. The summed E-state index contributed by atoms with van der Waals surface area (Å²) in [5.74, 6) is 2.43. The average Bonchev–Trinajstić information content (AvgIpc) is 3.52. The number of aryl methyl sites for hydroxylation is 2. The Balaban J connectivity index is 1.27. The molecule has 1 aliphatic heterocycles. The molecule has 208 valence electrons. The van der Waals surface area contributed by atoms with Crippen LogP contribution in [0.3, 0.4) is 0 Å². The number of ether oxygens (including phenoxy) is 1. The van der Waals surface area contributed by atoms with E-state index in [0.29, 0.717) is 25.1 Å². The summed E-state index contributed by atoms with van der Waals surface area (Å²) in [6.07, 6.45) is 4.64. The van der Waals surface area contributed by atoms with Gasteiger partial charge in [0, 0.05) is 43.2 Å². The number of nitrogens with zero attached hydrogens (tertiary/aromatic N) is 3. The van der Waals surface area contributed by atoms with Crippen molar-refractivity contribution in [1.29, 1.82) is 0 Å². The number of hydrogen-bond acceptors (Lipinski definition) is 6. The summed E-state index contributed by atoms with van der Waals surface area (Å²) in [6.45, 7) is 10.8. The first-order valence-corrected chi connectivity index (χ1v) is 15.0. The SMILES string of the molecule is Cc1ccc(OCc2ccc(C(=O)N(C)CCC(C)(C)O)cc2C)c(-c2csc(N3CC4CCC(C4)C3)n2)c1. The topological polar surface area (TPSA) is 65.9 Å². The van der Waals surface area contributed by atoms with Gasteiger partial charge in [0.25, 0.3) is 5.91 Å². The number of aromatic nitrogens is 1. The summed E-state index contributed by atoms with van der Waals surface area (Å²) in [5.41, 5.74) is 5.07. The summed E-state index contributed by atoms with van der Waals surface area (Å²) in [7, 11) is 1.78. The molecule has 2 bridgehead atoms. The van der Waals surface area contributed by atoms with Gasteiger partial charge in [0.2, 0.25) is 0 Å². The predicted octanol–water partition coefficient (Wildman–Crippen LogP) is 6.48. The van der Waals surface area contributed by atoms with Gasteiger partial charge in [-0.05, 0) is 101 Å². The lowest BCUT2D eigenvalue weighted by Gasteiger charge is -2.31. The molecule has 2 aromatic carbocycles. The van der Waals surface area contributed by atoms with E-state index in [0.717, 1.165) is 58.2 Å². The minimum atomic E-state index is -0.798. The summed E-state index contributed by atoms with van der Waals surface area (Å²) >= 11 is 1.73. The van der Waals surface area contributed by atoms with E-state index in [9.17, 15) is 9.90 Å². The molecule has 1 saturated heterocycles. The Bertz CT molecular complexity index is 1320. The van der Waals surface area contributed by atoms with E-state index >= 15 is 0 Å². The number of benzene rings is 2. The van der Waals surface area contributed by atoms with E-state index in [4.69, 9.17) is 9.72 Å². The van der Waals surface area contributed by atoms with Gasteiger partial charge in [0.15, 0.2) is 5.13 Å². The van der Waals surface area contributed by atoms with Crippen molar-refractivity contribution in [2.24, 2.45) is 11.8 Å². The number of fused-ring (bicyclic) bond motifs is 2. The summed E-state index contributed by atoms with van der Waals surface area (Å²) in [5, 5.41) is 13.3. The van der Waals surface area contributed by atoms with Crippen LogP contribution >= 0.6 is 11.3 Å². The van der Waals surface area contributed by atoms with Crippen LogP contribution in [-0.4, -0.2) is 53.2 Å². The lowest BCUT2D eigenvalue weighted by atomic mass is 9.99. The van der Waals surface area contributed by atoms with Gasteiger partial charge in [-0.2, -0.15) is 0 Å². The summed E-state index contributed by atoms with van der Waals surface area (Å²) in [6, 6.07) is 12.0. The maximum atomic E-state index is 12.9. The van der Waals surface area contributed by atoms with Gasteiger partial charge in [0.1, 0.15) is 12.4 Å². The second-order valence-electron chi connectivity index (χ2n) is 12.2. The van der Waals surface area contributed by atoms with Crippen LogP contribution in [0.1, 0.15) is 66.6 Å². The Morgan fingerprint density at radius 2 is 1.90 bits per heavy atom. The third-order valence-electron chi connectivity index (χ3n) is 8.16. The lowest BCUT2D eigenvalue weighted by molar-refractivity contribution is 0.0544. The number of amides is 1. The van der Waals surface area contributed by atoms with Gasteiger partial charge in [-0.3, -0.25) is 4.79 Å². The third kappa shape index (κ3) is 6.64. The van der Waals surface area contributed by atoms with Crippen molar-refractivity contribution in [3.63, 3.8) is 0 Å². The van der Waals surface area contributed by atoms with Gasteiger partial charge in [-0.25, -0.2) is 4.98 Å². The highest BCUT2D eigenvalue weighted by atomic mass is 32.1. The van der Waals surface area contributed by atoms with E-state index in [-0.39, 0.29) is 5.91 Å². The number of piperidine rings is 1. The zero-order chi connectivity index (χ0) is 27.7. The molecule has 2 heterocycles. The molecule has 1 aromatic heterocycles. The molecule has 5 rings (SSSR count). The average molecular weight is 548 g/mol. The molecule has 0 radical (unpaired) electrons. The van der Waals surface area contributed by atoms with Crippen LogP contribution < -0.4 is 9.64 Å². The van der Waals surface area contributed by atoms with E-state index in [2.05, 4.69) is 29.3 Å². The molecule has 2 aliphatic rings. The largest absolute Gasteiger partial charge is 0.488 e. The first-order chi connectivity index (χ1) is 18.6. The first-order valence-electron chi connectivity index (χ1n) is 14.1. The van der Waals surface area contributed by atoms with Gasteiger partial charge in [-0.15, -0.1) is 11.3 Å². The molecule has 1 N–H and O–H groups in total. The van der Waals surface area contributed by atoms with Gasteiger partial charge in [-0.1, -0.05) is 17.7 Å². The van der Waals surface area contributed by atoms with Crippen molar-refractivity contribution in [1.82, 2.24) is 9.88 Å². The van der Waals surface area contributed by atoms with E-state index in [1.807, 2.05) is 31.2 Å². The molecule has 1 saturated carbocycles. The summed E-state index contributed by atoms with van der Waals surface area (Å²) < 4.78 is 6.36. The highest BCUT2D eigenvalue weighted by Gasteiger charge is 2.34. The van der Waals surface area contributed by atoms with Crippen LogP contribution in [-0.2, 0) is 6.61 Å². The van der Waals surface area contributed by atoms with Crippen LogP contribution in [0.2, 0.25) is 0 Å². The van der Waals surface area contributed by atoms with Crippen molar-refractivity contribution >= 4 is 22.4 Å². The molecule has 7 heteroatoms. The molecular weight excluding hydrogens is 506 g/mol. The van der Waals surface area contributed by atoms with Crippen molar-refractivity contribution in [2.75, 3.05) is 31.6 Å². The van der Waals surface area contributed by atoms with Crippen LogP contribution in [0.4, 0.5) is 5.13 Å². The van der Waals surface area contributed by atoms with Crippen molar-refractivity contribution in [3.05, 3.63) is 64.0 Å². The van der Waals surface area contributed by atoms with Gasteiger partial charge < -0.3 is 19.6 Å². The standard InChI is InChI=1S/C32H41N3O3S/c1-21-6-11-29(27(14-21)28-20-39-31(33-28)35-17-23-7-8-24(16-23)18-35)38-19-26-10-9-25(15-22(26)2)30(36)34(5)13-12-32(3,4)37/h6,9-11,14-15,20,23-24,37H,7-8,12-13,16-19H2,1-5H3. The fourth-order valence-corrected chi connectivity index (χ4v) is 6.62. The van der Waals surface area contributed by atoms with E-state index in [1.54, 1.807) is 37.1 Å². The van der Waals surface area contributed by atoms with Crippen LogP contribution in [0.15, 0.2) is 41.8 Å². The fraction of sp³-hybridized carbons (Fsp3) is 0.500. The molecule has 2 unspecified atom stereocenters. The smallest absolute Gasteiger partial charge is 0.253 e. The molecule has 6 nitrogen and oxygen atoms in total. The second kappa shape index (κ2) is 11.3. The van der Waals surface area contributed by atoms with E-state index in [1.165, 1.54) is 24.8 Å². The predicted molar refractivity (Wildman–Crippen MR) is 159 cm³/mol. The molecule has 2 fully saturated rings. The molecule has 0 spiro atoms. The second-order valence-corrected chi connectivity index (χ2v) is 13.0. The van der Waals surface area contributed by atoms with Crippen LogP contribution in [0.5, 0.6) is 5.75 Å². The van der Waals surface area contributed by atoms with Crippen molar-refractivity contribution < 1.29 is 14.6 Å². The molecule has 3 aromatic rings. The number of anilines is 1. The van der Waals surface area contributed by atoms with E-state index < -0.39 is 5.60 Å². The van der Waals surface area contributed by atoms with Gasteiger partial charge >= 0.3 is 0 Å². The number of hydrogen-bond donors (Lipinski definition) is 1. The summed E-state index contributed by atoms with van der Waals surface area (Å²) in [4.78, 5) is 22.1.